The van der Waals surface area contributed by atoms with Crippen LogP contribution in [0.1, 0.15) is 26.3 Å². The van der Waals surface area contributed by atoms with Crippen LogP contribution in [0.4, 0.5) is 10.5 Å². The first-order valence-corrected chi connectivity index (χ1v) is 6.87. The summed E-state index contributed by atoms with van der Waals surface area (Å²) in [6, 6.07) is 13.2. The Morgan fingerprint density at radius 2 is 1.65 bits per heavy atom. The number of aryl methyl sites for hydroxylation is 1. The molecule has 2 N–H and O–H groups in total. The highest BCUT2D eigenvalue weighted by Crippen LogP contribution is 2.14. The lowest BCUT2D eigenvalue weighted by Crippen LogP contribution is -2.31. The number of carbonyl (C=O) groups is 3. The molecule has 0 saturated carbocycles. The molecule has 0 unspecified atom stereocenters. The van der Waals surface area contributed by atoms with Crippen molar-refractivity contribution in [2.75, 3.05) is 12.4 Å². The van der Waals surface area contributed by atoms with Gasteiger partial charge in [-0.05, 0) is 37.3 Å². The van der Waals surface area contributed by atoms with Gasteiger partial charge in [-0.3, -0.25) is 9.59 Å². The van der Waals surface area contributed by atoms with Gasteiger partial charge in [0, 0.05) is 23.9 Å². The Morgan fingerprint density at radius 1 is 1.00 bits per heavy atom. The highest BCUT2D eigenvalue weighted by atomic mass is 16.4. The van der Waals surface area contributed by atoms with Crippen LogP contribution in [0.2, 0.25) is 0 Å². The topological polar surface area (TPSA) is 86.7 Å². The van der Waals surface area contributed by atoms with E-state index in [1.54, 1.807) is 24.3 Å². The number of carboxylic acid groups (broad SMARTS) is 1. The first-order chi connectivity index (χ1) is 10.9. The van der Waals surface area contributed by atoms with Crippen molar-refractivity contribution < 1.29 is 19.5 Å². The summed E-state index contributed by atoms with van der Waals surface area (Å²) in [4.78, 5) is 35.5. The molecule has 0 heterocycles. The van der Waals surface area contributed by atoms with Crippen molar-refractivity contribution in [3.63, 3.8) is 0 Å². The summed E-state index contributed by atoms with van der Waals surface area (Å²) in [6.07, 6.45) is -1.34. The van der Waals surface area contributed by atoms with Gasteiger partial charge in [0.1, 0.15) is 0 Å². The molecule has 6 heteroatoms. The number of anilines is 1. The number of benzene rings is 2. The van der Waals surface area contributed by atoms with Gasteiger partial charge in [-0.2, -0.15) is 0 Å². The minimum absolute atomic E-state index is 0.177. The maximum atomic E-state index is 12.1. The fraction of sp³-hybridized carbons (Fsp3) is 0.118. The summed E-state index contributed by atoms with van der Waals surface area (Å²) in [7, 11) is 1.17. The number of rotatable bonds is 3. The van der Waals surface area contributed by atoms with E-state index in [0.717, 1.165) is 5.56 Å². The molecule has 23 heavy (non-hydrogen) atoms. The molecule has 0 aliphatic heterocycles. The summed E-state index contributed by atoms with van der Waals surface area (Å²) < 4.78 is 0. The first kappa shape index (κ1) is 16.2. The number of hydrogen-bond acceptors (Lipinski definition) is 3. The largest absolute Gasteiger partial charge is 0.465 e. The van der Waals surface area contributed by atoms with Gasteiger partial charge >= 0.3 is 6.09 Å². The van der Waals surface area contributed by atoms with E-state index in [1.807, 2.05) is 19.1 Å². The molecule has 0 aliphatic carbocycles. The summed E-state index contributed by atoms with van der Waals surface area (Å²) in [5.41, 5.74) is 2.14. The van der Waals surface area contributed by atoms with Crippen LogP contribution in [0.15, 0.2) is 48.5 Å². The second kappa shape index (κ2) is 6.74. The molecular weight excluding hydrogens is 296 g/mol. The molecule has 0 aromatic heterocycles. The molecule has 0 spiro atoms. The number of amides is 3. The number of nitrogens with zero attached hydrogens (tertiary/aromatic N) is 1. The van der Waals surface area contributed by atoms with Crippen LogP contribution in [0.3, 0.4) is 0 Å². The minimum Gasteiger partial charge on any atom is -0.465 e. The van der Waals surface area contributed by atoms with Gasteiger partial charge in [-0.1, -0.05) is 23.8 Å². The lowest BCUT2D eigenvalue weighted by Gasteiger charge is -2.12. The zero-order valence-electron chi connectivity index (χ0n) is 12.7. The third-order valence-corrected chi connectivity index (χ3v) is 3.27. The van der Waals surface area contributed by atoms with E-state index < -0.39 is 12.0 Å². The molecule has 118 valence electrons. The number of nitrogens with one attached hydrogen (secondary N) is 1. The molecular formula is C17H16N2O4. The summed E-state index contributed by atoms with van der Waals surface area (Å²) >= 11 is 0. The Labute approximate surface area is 133 Å². The van der Waals surface area contributed by atoms with Crippen LogP contribution >= 0.6 is 0 Å². The quantitative estimate of drug-likeness (QED) is 0.912. The summed E-state index contributed by atoms with van der Waals surface area (Å²) in [6.45, 7) is 1.93. The maximum absolute atomic E-state index is 12.1. The van der Waals surface area contributed by atoms with E-state index in [0.29, 0.717) is 16.2 Å². The second-order valence-corrected chi connectivity index (χ2v) is 5.05. The van der Waals surface area contributed by atoms with E-state index in [-0.39, 0.29) is 11.5 Å². The van der Waals surface area contributed by atoms with E-state index in [1.165, 1.54) is 19.2 Å². The molecule has 3 amide bonds. The number of hydrogen-bond donors (Lipinski definition) is 2. The van der Waals surface area contributed by atoms with Crippen molar-refractivity contribution >= 4 is 23.6 Å². The maximum Gasteiger partial charge on any atom is 0.414 e. The average molecular weight is 312 g/mol. The predicted octanol–water partition coefficient (Wildman–Crippen LogP) is 3.00. The average Bonchev–Trinajstić information content (AvgIpc) is 2.54. The molecule has 6 nitrogen and oxygen atoms in total. The molecule has 0 aliphatic rings. The smallest absolute Gasteiger partial charge is 0.414 e. The van der Waals surface area contributed by atoms with E-state index in [4.69, 9.17) is 5.11 Å². The standard InChI is InChI=1S/C17H16N2O4/c1-11-6-8-12(9-7-11)15(20)18-14-5-3-4-13(10-14)16(21)19(2)17(22)23/h3-10H,1-2H3,(H,18,20)(H,22,23). The van der Waals surface area contributed by atoms with Crippen LogP contribution in [0, 0.1) is 6.92 Å². The molecule has 0 saturated heterocycles. The number of carbonyl (C=O) groups excluding carboxylic acids is 2. The van der Waals surface area contributed by atoms with Gasteiger partial charge < -0.3 is 10.4 Å². The van der Waals surface area contributed by atoms with Crippen molar-refractivity contribution in [3.8, 4) is 0 Å². The Hall–Kier alpha value is -3.15. The molecule has 2 rings (SSSR count). The Balaban J connectivity index is 2.17. The van der Waals surface area contributed by atoms with Gasteiger partial charge in [0.2, 0.25) is 0 Å². The van der Waals surface area contributed by atoms with Crippen LogP contribution in [0.5, 0.6) is 0 Å². The van der Waals surface area contributed by atoms with Crippen molar-refractivity contribution in [1.29, 1.82) is 0 Å². The summed E-state index contributed by atoms with van der Waals surface area (Å²) in [5.74, 6) is -0.967. The zero-order chi connectivity index (χ0) is 17.0. The van der Waals surface area contributed by atoms with E-state index >= 15 is 0 Å². The van der Waals surface area contributed by atoms with Crippen LogP contribution in [-0.2, 0) is 0 Å². The highest BCUT2D eigenvalue weighted by molar-refractivity contribution is 6.06. The monoisotopic (exact) mass is 312 g/mol. The molecule has 2 aromatic rings. The van der Waals surface area contributed by atoms with Crippen molar-refractivity contribution in [1.82, 2.24) is 4.90 Å². The first-order valence-electron chi connectivity index (χ1n) is 6.87. The minimum atomic E-state index is -1.34. The van der Waals surface area contributed by atoms with Crippen LogP contribution < -0.4 is 5.32 Å². The number of imide groups is 1. The lowest BCUT2D eigenvalue weighted by atomic mass is 10.1. The second-order valence-electron chi connectivity index (χ2n) is 5.05. The highest BCUT2D eigenvalue weighted by Gasteiger charge is 2.17. The molecule has 0 atom stereocenters. The fourth-order valence-corrected chi connectivity index (χ4v) is 1.92. The van der Waals surface area contributed by atoms with Gasteiger partial charge in [0.05, 0.1) is 0 Å². The van der Waals surface area contributed by atoms with Gasteiger partial charge in [-0.15, -0.1) is 0 Å². The van der Waals surface area contributed by atoms with E-state index in [2.05, 4.69) is 5.32 Å². The Morgan fingerprint density at radius 3 is 2.26 bits per heavy atom. The van der Waals surface area contributed by atoms with Gasteiger partial charge in [0.15, 0.2) is 0 Å². The SMILES string of the molecule is Cc1ccc(C(=O)Nc2cccc(C(=O)N(C)C(=O)O)c2)cc1. The molecule has 0 fully saturated rings. The fourth-order valence-electron chi connectivity index (χ4n) is 1.92. The molecule has 0 radical (unpaired) electrons. The lowest BCUT2D eigenvalue weighted by molar-refractivity contribution is 0.0781. The van der Waals surface area contributed by atoms with Crippen LogP contribution in [-0.4, -0.2) is 35.0 Å². The molecule has 2 aromatic carbocycles. The van der Waals surface area contributed by atoms with Gasteiger partial charge in [0.25, 0.3) is 11.8 Å². The normalized spacial score (nSPS) is 10.0. The van der Waals surface area contributed by atoms with E-state index in [9.17, 15) is 14.4 Å². The van der Waals surface area contributed by atoms with Gasteiger partial charge in [-0.25, -0.2) is 9.69 Å². The third kappa shape index (κ3) is 3.94. The third-order valence-electron chi connectivity index (χ3n) is 3.27. The summed E-state index contributed by atoms with van der Waals surface area (Å²) in [5, 5.41) is 11.5. The zero-order valence-corrected chi connectivity index (χ0v) is 12.7. The van der Waals surface area contributed by atoms with Crippen molar-refractivity contribution in [2.45, 2.75) is 6.92 Å². The Kier molecular flexibility index (Phi) is 4.75. The van der Waals surface area contributed by atoms with Crippen LogP contribution in [0.25, 0.3) is 0 Å². The van der Waals surface area contributed by atoms with Crippen molar-refractivity contribution in [2.24, 2.45) is 0 Å². The Bertz CT molecular complexity index is 753. The predicted molar refractivity (Wildman–Crippen MR) is 85.7 cm³/mol. The molecule has 0 bridgehead atoms. The van der Waals surface area contributed by atoms with Crippen molar-refractivity contribution in [3.05, 3.63) is 65.2 Å².